The molecule has 1 aliphatic rings. The molecule has 3 rings (SSSR count). The molecule has 0 aliphatic carbocycles. The van der Waals surface area contributed by atoms with Crippen LogP contribution in [0.1, 0.15) is 0 Å². The molecule has 0 saturated carbocycles. The predicted octanol–water partition coefficient (Wildman–Crippen LogP) is 0.0985. The molecule has 7 nitrogen and oxygen atoms in total. The summed E-state index contributed by atoms with van der Waals surface area (Å²) in [5.74, 6) is 0. The van der Waals surface area contributed by atoms with Crippen LogP contribution in [-0.4, -0.2) is 62.9 Å². The number of pyridine rings is 1. The molecule has 0 bridgehead atoms. The second kappa shape index (κ2) is 6.67. The van der Waals surface area contributed by atoms with E-state index in [1.807, 2.05) is 17.5 Å². The molecule has 0 aromatic carbocycles. The van der Waals surface area contributed by atoms with Crippen LogP contribution < -0.4 is 5.32 Å². The zero-order valence-corrected chi connectivity index (χ0v) is 12.5. The highest BCUT2D eigenvalue weighted by Gasteiger charge is 2.38. The van der Waals surface area contributed by atoms with Gasteiger partial charge in [0.1, 0.15) is 18.3 Å². The van der Waals surface area contributed by atoms with Crippen LogP contribution in [0, 0.1) is 0 Å². The molecule has 8 heteroatoms. The Bertz CT molecular complexity index is 609. The molecule has 1 saturated heterocycles. The van der Waals surface area contributed by atoms with Gasteiger partial charge in [-0.15, -0.1) is 11.3 Å². The van der Waals surface area contributed by atoms with Crippen molar-refractivity contribution < 1.29 is 20.1 Å². The first-order valence-corrected chi connectivity index (χ1v) is 7.78. The Morgan fingerprint density at radius 2 is 2.05 bits per heavy atom. The van der Waals surface area contributed by atoms with E-state index in [1.54, 1.807) is 12.4 Å². The van der Waals surface area contributed by atoms with Crippen molar-refractivity contribution in [2.24, 2.45) is 0 Å². The van der Waals surface area contributed by atoms with E-state index in [1.165, 1.54) is 11.3 Å². The number of aliphatic hydroxyl groups is 3. The summed E-state index contributed by atoms with van der Waals surface area (Å²) in [7, 11) is 0. The van der Waals surface area contributed by atoms with Crippen molar-refractivity contribution in [1.82, 2.24) is 9.97 Å². The molecule has 4 atom stereocenters. The molecule has 0 amide bonds. The van der Waals surface area contributed by atoms with Gasteiger partial charge in [0, 0.05) is 23.3 Å². The van der Waals surface area contributed by atoms with Gasteiger partial charge in [0.15, 0.2) is 5.13 Å². The van der Waals surface area contributed by atoms with Crippen molar-refractivity contribution in [3.63, 3.8) is 0 Å². The van der Waals surface area contributed by atoms with Crippen molar-refractivity contribution in [2.45, 2.75) is 24.4 Å². The second-order valence-corrected chi connectivity index (χ2v) is 5.92. The van der Waals surface area contributed by atoms with Crippen LogP contribution in [0.15, 0.2) is 29.9 Å². The number of nitrogens with zero attached hydrogens (tertiary/aromatic N) is 2. The third kappa shape index (κ3) is 3.11. The number of hydrogen-bond donors (Lipinski definition) is 4. The minimum atomic E-state index is -1.13. The van der Waals surface area contributed by atoms with E-state index >= 15 is 0 Å². The van der Waals surface area contributed by atoms with Crippen LogP contribution in [0.4, 0.5) is 5.13 Å². The Kier molecular flexibility index (Phi) is 4.65. The van der Waals surface area contributed by atoms with E-state index in [-0.39, 0.29) is 13.2 Å². The molecule has 1 fully saturated rings. The van der Waals surface area contributed by atoms with Gasteiger partial charge in [0.05, 0.1) is 24.9 Å². The van der Waals surface area contributed by atoms with E-state index < -0.39 is 24.4 Å². The summed E-state index contributed by atoms with van der Waals surface area (Å²) in [4.78, 5) is 8.42. The number of anilines is 1. The highest BCUT2D eigenvalue weighted by atomic mass is 32.1. The Hall–Kier alpha value is -1.58. The zero-order chi connectivity index (χ0) is 15.5. The number of ether oxygens (including phenoxy) is 1. The lowest BCUT2D eigenvalue weighted by Gasteiger charge is -2.37. The van der Waals surface area contributed by atoms with Crippen LogP contribution >= 0.6 is 11.3 Å². The summed E-state index contributed by atoms with van der Waals surface area (Å²) in [6, 6.07) is 3.26. The minimum Gasteiger partial charge on any atom is -0.394 e. The average Bonchev–Trinajstić information content (AvgIpc) is 3.02. The highest BCUT2D eigenvalue weighted by molar-refractivity contribution is 7.14. The van der Waals surface area contributed by atoms with Crippen LogP contribution in [-0.2, 0) is 4.74 Å². The smallest absolute Gasteiger partial charge is 0.183 e. The number of hydrogen-bond acceptors (Lipinski definition) is 8. The molecule has 3 heterocycles. The molecule has 0 unspecified atom stereocenters. The van der Waals surface area contributed by atoms with Crippen LogP contribution in [0.25, 0.3) is 11.3 Å². The maximum atomic E-state index is 10.1. The first-order valence-electron chi connectivity index (χ1n) is 6.90. The minimum absolute atomic E-state index is 0.188. The lowest BCUT2D eigenvalue weighted by molar-refractivity contribution is -0.152. The topological polar surface area (TPSA) is 108 Å². The molecular formula is C14H17N3O4S. The summed E-state index contributed by atoms with van der Waals surface area (Å²) < 4.78 is 5.33. The Labute approximate surface area is 131 Å². The van der Waals surface area contributed by atoms with Gasteiger partial charge in [-0.25, -0.2) is 4.98 Å². The lowest BCUT2D eigenvalue weighted by atomic mass is 9.99. The Morgan fingerprint density at radius 1 is 1.27 bits per heavy atom. The Morgan fingerprint density at radius 3 is 2.77 bits per heavy atom. The average molecular weight is 323 g/mol. The van der Waals surface area contributed by atoms with E-state index in [0.717, 1.165) is 11.3 Å². The maximum absolute atomic E-state index is 10.1. The molecule has 4 N–H and O–H groups in total. The fourth-order valence-corrected chi connectivity index (χ4v) is 3.11. The summed E-state index contributed by atoms with van der Waals surface area (Å²) in [5, 5.41) is 34.6. The first-order chi connectivity index (χ1) is 10.7. The van der Waals surface area contributed by atoms with Gasteiger partial charge in [0.2, 0.25) is 0 Å². The van der Waals surface area contributed by atoms with Crippen LogP contribution in [0.2, 0.25) is 0 Å². The van der Waals surface area contributed by atoms with Gasteiger partial charge < -0.3 is 25.4 Å². The summed E-state index contributed by atoms with van der Waals surface area (Å²) >= 11 is 1.41. The number of thiazole rings is 1. The summed E-state index contributed by atoms with van der Waals surface area (Å²) in [6.07, 6.45) is 0.490. The van der Waals surface area contributed by atoms with Gasteiger partial charge >= 0.3 is 0 Å². The van der Waals surface area contributed by atoms with Gasteiger partial charge in [-0.2, -0.15) is 0 Å². The molecule has 22 heavy (non-hydrogen) atoms. The molecule has 0 spiro atoms. The maximum Gasteiger partial charge on any atom is 0.183 e. The molecule has 1 aliphatic heterocycles. The molecular weight excluding hydrogens is 306 g/mol. The monoisotopic (exact) mass is 323 g/mol. The lowest BCUT2D eigenvalue weighted by Crippen LogP contribution is -2.56. The number of rotatable bonds is 4. The summed E-state index contributed by atoms with van der Waals surface area (Å²) in [6.45, 7) is -0.137. The van der Waals surface area contributed by atoms with Crippen molar-refractivity contribution in [3.8, 4) is 11.3 Å². The molecule has 2 aromatic rings. The van der Waals surface area contributed by atoms with E-state index in [0.29, 0.717) is 5.13 Å². The largest absolute Gasteiger partial charge is 0.394 e. The Balaban J connectivity index is 1.68. The normalized spacial score (nSPS) is 28.5. The first kappa shape index (κ1) is 15.3. The van der Waals surface area contributed by atoms with E-state index in [9.17, 15) is 10.2 Å². The second-order valence-electron chi connectivity index (χ2n) is 5.06. The van der Waals surface area contributed by atoms with Crippen molar-refractivity contribution in [3.05, 3.63) is 29.9 Å². The fourth-order valence-electron chi connectivity index (χ4n) is 2.32. The molecule has 0 radical (unpaired) electrons. The highest BCUT2D eigenvalue weighted by Crippen LogP contribution is 2.26. The van der Waals surface area contributed by atoms with Crippen molar-refractivity contribution in [1.29, 1.82) is 0 Å². The quantitative estimate of drug-likeness (QED) is 0.632. The fraction of sp³-hybridized carbons (Fsp3) is 0.429. The SMILES string of the molecule is OC[C@H]1OC[C@H](Nc2nc(-c3ccncc3)cs2)[C@@H](O)[C@H]1O. The predicted molar refractivity (Wildman–Crippen MR) is 81.6 cm³/mol. The van der Waals surface area contributed by atoms with E-state index in [2.05, 4.69) is 15.3 Å². The number of nitrogens with one attached hydrogen (secondary N) is 1. The van der Waals surface area contributed by atoms with Crippen LogP contribution in [0.5, 0.6) is 0 Å². The van der Waals surface area contributed by atoms with Gasteiger partial charge in [-0.05, 0) is 12.1 Å². The van der Waals surface area contributed by atoms with Crippen LogP contribution in [0.3, 0.4) is 0 Å². The van der Waals surface area contributed by atoms with Gasteiger partial charge in [-0.1, -0.05) is 0 Å². The van der Waals surface area contributed by atoms with E-state index in [4.69, 9.17) is 9.84 Å². The number of aromatic nitrogens is 2. The zero-order valence-electron chi connectivity index (χ0n) is 11.7. The van der Waals surface area contributed by atoms with Gasteiger partial charge in [0.25, 0.3) is 0 Å². The molecule has 118 valence electrons. The third-order valence-corrected chi connectivity index (χ3v) is 4.38. The van der Waals surface area contributed by atoms with Gasteiger partial charge in [-0.3, -0.25) is 4.98 Å². The standard InChI is InChI=1S/C14H17N3O4S/c18-5-11-13(20)12(19)9(6-21-11)16-14-17-10(7-22-14)8-1-3-15-4-2-8/h1-4,7,9,11-13,18-20H,5-6H2,(H,16,17)/t9-,11+,12+,13-/m0/s1. The molecule has 2 aromatic heterocycles. The number of aliphatic hydroxyl groups excluding tert-OH is 3. The van der Waals surface area contributed by atoms with Crippen molar-refractivity contribution in [2.75, 3.05) is 18.5 Å². The summed E-state index contributed by atoms with van der Waals surface area (Å²) in [5.41, 5.74) is 1.77. The third-order valence-electron chi connectivity index (χ3n) is 3.60. The van der Waals surface area contributed by atoms with Crippen molar-refractivity contribution >= 4 is 16.5 Å².